The Balaban J connectivity index is 0.00000289. The molecule has 1 aliphatic carbocycles. The highest BCUT2D eigenvalue weighted by Gasteiger charge is 2.20. The van der Waals surface area contributed by atoms with E-state index in [-0.39, 0.29) is 24.0 Å². The van der Waals surface area contributed by atoms with Crippen LogP contribution in [0.3, 0.4) is 0 Å². The van der Waals surface area contributed by atoms with Crippen LogP contribution in [0.25, 0.3) is 0 Å². The second-order valence-corrected chi connectivity index (χ2v) is 8.03. The zero-order valence-electron chi connectivity index (χ0n) is 17.2. The van der Waals surface area contributed by atoms with Crippen LogP contribution in [-0.2, 0) is 12.8 Å². The van der Waals surface area contributed by atoms with Gasteiger partial charge in [0.2, 0.25) is 0 Å². The van der Waals surface area contributed by atoms with Gasteiger partial charge in [-0.15, -0.1) is 12.4 Å². The Hall–Kier alpha value is -2.64. The molecular weight excluding hydrogens is 451 g/mol. The van der Waals surface area contributed by atoms with Gasteiger partial charge in [-0.05, 0) is 66.8 Å². The number of benzene rings is 2. The smallest absolute Gasteiger partial charge is 0.335 e. The van der Waals surface area contributed by atoms with E-state index in [4.69, 9.17) is 21.4 Å². The highest BCUT2D eigenvalue weighted by molar-refractivity contribution is 6.29. The summed E-state index contributed by atoms with van der Waals surface area (Å²) in [5, 5.41) is 23.4. The lowest BCUT2D eigenvalue weighted by atomic mass is 9.88. The third-order valence-corrected chi connectivity index (χ3v) is 5.68. The molecule has 0 radical (unpaired) electrons. The Bertz CT molecular complexity index is 1080. The van der Waals surface area contributed by atoms with Gasteiger partial charge >= 0.3 is 5.97 Å². The summed E-state index contributed by atoms with van der Waals surface area (Å²) in [5.41, 5.74) is 3.40. The number of carboxylic acids is 1. The minimum Gasteiger partial charge on any atom is -0.478 e. The monoisotopic (exact) mass is 474 g/mol. The fraction of sp³-hybridized carbons (Fsp3) is 0.250. The molecule has 0 saturated heterocycles. The van der Waals surface area contributed by atoms with Crippen molar-refractivity contribution in [2.75, 3.05) is 6.54 Å². The van der Waals surface area contributed by atoms with Crippen LogP contribution >= 0.6 is 24.0 Å². The van der Waals surface area contributed by atoms with Crippen molar-refractivity contribution in [3.05, 3.63) is 88.2 Å². The summed E-state index contributed by atoms with van der Waals surface area (Å²) < 4.78 is 5.89. The summed E-state index contributed by atoms with van der Waals surface area (Å²) in [6.45, 7) is 0.432. The quantitative estimate of drug-likeness (QED) is 0.424. The number of carbonyl (C=O) groups is 1. The second-order valence-electron chi connectivity index (χ2n) is 7.64. The van der Waals surface area contributed by atoms with Gasteiger partial charge in [-0.25, -0.2) is 9.78 Å². The summed E-state index contributed by atoms with van der Waals surface area (Å²) in [4.78, 5) is 15.2. The lowest BCUT2D eigenvalue weighted by Crippen LogP contribution is -2.37. The highest BCUT2D eigenvalue weighted by atomic mass is 35.5. The maximum absolute atomic E-state index is 11.2. The van der Waals surface area contributed by atoms with Gasteiger partial charge in [0.05, 0.1) is 11.7 Å². The second kappa shape index (κ2) is 10.8. The molecule has 2 aromatic carbocycles. The molecule has 0 saturated carbocycles. The number of aliphatic hydroxyl groups excluding tert-OH is 1. The minimum absolute atomic E-state index is 0. The molecule has 8 heteroatoms. The molecule has 6 nitrogen and oxygen atoms in total. The van der Waals surface area contributed by atoms with Crippen molar-refractivity contribution in [2.24, 2.45) is 0 Å². The van der Waals surface area contributed by atoms with Gasteiger partial charge in [-0.2, -0.15) is 0 Å². The number of hydrogen-bond donors (Lipinski definition) is 3. The van der Waals surface area contributed by atoms with Crippen molar-refractivity contribution in [3.63, 3.8) is 0 Å². The molecule has 0 fully saturated rings. The van der Waals surface area contributed by atoms with Crippen molar-refractivity contribution in [1.29, 1.82) is 0 Å². The number of rotatable bonds is 7. The molecule has 1 heterocycles. The highest BCUT2D eigenvalue weighted by Crippen LogP contribution is 2.29. The third-order valence-electron chi connectivity index (χ3n) is 5.46. The van der Waals surface area contributed by atoms with Gasteiger partial charge in [0, 0.05) is 24.3 Å². The summed E-state index contributed by atoms with van der Waals surface area (Å²) in [6, 6.07) is 16.1. The van der Waals surface area contributed by atoms with Crippen molar-refractivity contribution >= 4 is 30.0 Å². The number of nitrogens with one attached hydrogen (secondary N) is 1. The Morgan fingerprint density at radius 3 is 2.72 bits per heavy atom. The molecule has 0 aliphatic heterocycles. The minimum atomic E-state index is -0.985. The summed E-state index contributed by atoms with van der Waals surface area (Å²) in [7, 11) is 0. The van der Waals surface area contributed by atoms with Crippen molar-refractivity contribution < 1.29 is 19.7 Å². The van der Waals surface area contributed by atoms with Crippen LogP contribution in [0.5, 0.6) is 11.5 Å². The molecular formula is C24H24Cl2N2O4. The normalized spacial score (nSPS) is 15.9. The molecule has 32 heavy (non-hydrogen) atoms. The molecule has 1 aromatic heterocycles. The Labute approximate surface area is 197 Å². The topological polar surface area (TPSA) is 91.7 Å². The lowest BCUT2D eigenvalue weighted by Gasteiger charge is -2.27. The maximum Gasteiger partial charge on any atom is 0.335 e. The molecule has 3 N–H and O–H groups in total. The number of nitrogens with zero attached hydrogens (tertiary/aromatic N) is 1. The fourth-order valence-electron chi connectivity index (χ4n) is 3.78. The first-order valence-corrected chi connectivity index (χ1v) is 10.5. The standard InChI is InChI=1S/C24H23ClN2O4.ClH/c25-23-9-6-17(13-27-23)22(28)14-26-19-7-4-15-5-8-21(12-18(15)10-19)31-20-3-1-2-16(11-20)24(29)30;/h1-3,5-6,8-9,11-13,19,22,26,28H,4,7,10,14H2,(H,29,30);1H/t19-,22+;/m0./s1. The van der Waals surface area contributed by atoms with Crippen LogP contribution < -0.4 is 10.1 Å². The molecule has 4 rings (SSSR count). The molecule has 168 valence electrons. The zero-order valence-corrected chi connectivity index (χ0v) is 18.8. The van der Waals surface area contributed by atoms with Crippen LogP contribution in [0.15, 0.2) is 60.8 Å². The number of aromatic nitrogens is 1. The van der Waals surface area contributed by atoms with E-state index >= 15 is 0 Å². The summed E-state index contributed by atoms with van der Waals surface area (Å²) in [6.07, 6.45) is 3.70. The first-order chi connectivity index (χ1) is 15.0. The first-order valence-electron chi connectivity index (χ1n) is 10.1. The largest absolute Gasteiger partial charge is 0.478 e. The van der Waals surface area contributed by atoms with Crippen molar-refractivity contribution in [2.45, 2.75) is 31.4 Å². The number of carboxylic acid groups (broad SMARTS) is 1. The SMILES string of the molecule is Cl.O=C(O)c1cccc(Oc2ccc3c(c2)C[C@@H](NC[C@@H](O)c2ccc(Cl)nc2)CC3)c1. The van der Waals surface area contributed by atoms with Gasteiger partial charge in [-0.1, -0.05) is 29.8 Å². The van der Waals surface area contributed by atoms with Gasteiger partial charge in [0.25, 0.3) is 0 Å². The van der Waals surface area contributed by atoms with Crippen LogP contribution in [-0.4, -0.2) is 33.8 Å². The van der Waals surface area contributed by atoms with E-state index in [0.29, 0.717) is 23.2 Å². The van der Waals surface area contributed by atoms with Gasteiger partial charge in [0.1, 0.15) is 16.7 Å². The van der Waals surface area contributed by atoms with E-state index in [1.54, 1.807) is 30.5 Å². The number of fused-ring (bicyclic) bond motifs is 1. The lowest BCUT2D eigenvalue weighted by molar-refractivity contribution is 0.0696. The van der Waals surface area contributed by atoms with E-state index in [2.05, 4.69) is 16.4 Å². The predicted molar refractivity (Wildman–Crippen MR) is 125 cm³/mol. The number of aliphatic hydroxyl groups is 1. The number of halogens is 2. The molecule has 0 bridgehead atoms. The van der Waals surface area contributed by atoms with Crippen molar-refractivity contribution in [3.8, 4) is 11.5 Å². The summed E-state index contributed by atoms with van der Waals surface area (Å²) >= 11 is 5.80. The van der Waals surface area contributed by atoms with Crippen LogP contribution in [0.4, 0.5) is 0 Å². The number of pyridine rings is 1. The van der Waals surface area contributed by atoms with Gasteiger partial charge < -0.3 is 20.3 Å². The maximum atomic E-state index is 11.2. The van der Waals surface area contributed by atoms with E-state index in [9.17, 15) is 9.90 Å². The summed E-state index contributed by atoms with van der Waals surface area (Å²) in [5.74, 6) is 0.181. The van der Waals surface area contributed by atoms with E-state index in [1.165, 1.54) is 23.3 Å². The molecule has 2 atom stereocenters. The molecule has 3 aromatic rings. The van der Waals surface area contributed by atoms with E-state index in [0.717, 1.165) is 24.8 Å². The Morgan fingerprint density at radius 1 is 1.16 bits per heavy atom. The predicted octanol–water partition coefficient (Wildman–Crippen LogP) is 4.83. The van der Waals surface area contributed by atoms with Gasteiger partial charge in [-0.3, -0.25) is 0 Å². The average Bonchev–Trinajstić information content (AvgIpc) is 2.78. The first kappa shape index (κ1) is 24.0. The van der Waals surface area contributed by atoms with Crippen LogP contribution in [0.1, 0.15) is 39.6 Å². The van der Waals surface area contributed by atoms with E-state index in [1.807, 2.05) is 12.1 Å². The number of aryl methyl sites for hydroxylation is 1. The van der Waals surface area contributed by atoms with E-state index < -0.39 is 12.1 Å². The molecule has 0 unspecified atom stereocenters. The Morgan fingerprint density at radius 2 is 1.97 bits per heavy atom. The number of ether oxygens (including phenoxy) is 1. The van der Waals surface area contributed by atoms with Crippen molar-refractivity contribution in [1.82, 2.24) is 10.3 Å². The zero-order chi connectivity index (χ0) is 21.8. The number of aromatic carboxylic acids is 1. The third kappa shape index (κ3) is 5.99. The van der Waals surface area contributed by atoms with Crippen LogP contribution in [0.2, 0.25) is 5.15 Å². The average molecular weight is 475 g/mol. The molecule has 0 spiro atoms. The number of hydrogen-bond acceptors (Lipinski definition) is 5. The fourth-order valence-corrected chi connectivity index (χ4v) is 3.89. The molecule has 0 amide bonds. The molecule has 1 aliphatic rings. The Kier molecular flexibility index (Phi) is 8.10. The van der Waals surface area contributed by atoms with Crippen LogP contribution in [0, 0.1) is 0 Å². The van der Waals surface area contributed by atoms with Gasteiger partial charge in [0.15, 0.2) is 0 Å².